The van der Waals surface area contributed by atoms with Gasteiger partial charge in [0.05, 0.1) is 11.0 Å². The third-order valence-electron chi connectivity index (χ3n) is 3.00. The summed E-state index contributed by atoms with van der Waals surface area (Å²) < 4.78 is 5.27. The molecule has 1 fully saturated rings. The Morgan fingerprint density at radius 3 is 2.76 bits per heavy atom. The van der Waals surface area contributed by atoms with Gasteiger partial charge in [-0.1, -0.05) is 34.7 Å². The fourth-order valence-corrected chi connectivity index (χ4v) is 2.84. The number of methoxy groups -OCH3 is 1. The number of carbonyl (C=O) groups is 1. The number of hydrogen-bond acceptors (Lipinski definition) is 2. The number of likely N-dealkylation sites (tertiary alicyclic amines) is 1. The SMILES string of the molecule is COc1ccc(CN2CCCC(I)C2=O)cc1. The second-order valence-corrected chi connectivity index (χ2v) is 5.72. The Morgan fingerprint density at radius 1 is 1.41 bits per heavy atom. The van der Waals surface area contributed by atoms with Gasteiger partial charge in [0.25, 0.3) is 0 Å². The summed E-state index contributed by atoms with van der Waals surface area (Å²) in [5.74, 6) is 1.12. The van der Waals surface area contributed by atoms with E-state index in [2.05, 4.69) is 22.6 Å². The predicted molar refractivity (Wildman–Crippen MR) is 75.5 cm³/mol. The Hall–Kier alpha value is -0.780. The average Bonchev–Trinajstić information content (AvgIpc) is 2.36. The monoisotopic (exact) mass is 345 g/mol. The van der Waals surface area contributed by atoms with Gasteiger partial charge in [0.1, 0.15) is 5.75 Å². The molecule has 2 rings (SSSR count). The van der Waals surface area contributed by atoms with Crippen molar-refractivity contribution in [3.8, 4) is 5.75 Å². The molecule has 0 aliphatic carbocycles. The number of piperidine rings is 1. The fourth-order valence-electron chi connectivity index (χ4n) is 2.00. The zero-order chi connectivity index (χ0) is 12.3. The van der Waals surface area contributed by atoms with Crippen LogP contribution in [0.5, 0.6) is 5.75 Å². The smallest absolute Gasteiger partial charge is 0.235 e. The van der Waals surface area contributed by atoms with Gasteiger partial charge in [0.2, 0.25) is 5.91 Å². The van der Waals surface area contributed by atoms with E-state index in [1.165, 1.54) is 0 Å². The first kappa shape index (κ1) is 12.7. The van der Waals surface area contributed by atoms with Gasteiger partial charge in [0.15, 0.2) is 0 Å². The molecule has 0 N–H and O–H groups in total. The van der Waals surface area contributed by atoms with Gasteiger partial charge in [-0.15, -0.1) is 0 Å². The van der Waals surface area contributed by atoms with Gasteiger partial charge < -0.3 is 9.64 Å². The van der Waals surface area contributed by atoms with E-state index in [1.54, 1.807) is 7.11 Å². The van der Waals surface area contributed by atoms with Crippen molar-refractivity contribution in [2.24, 2.45) is 0 Å². The Balaban J connectivity index is 2.01. The van der Waals surface area contributed by atoms with Crippen molar-refractivity contribution in [1.82, 2.24) is 4.90 Å². The van der Waals surface area contributed by atoms with Gasteiger partial charge in [-0.3, -0.25) is 4.79 Å². The lowest BCUT2D eigenvalue weighted by Gasteiger charge is -2.29. The summed E-state index contributed by atoms with van der Waals surface area (Å²) in [6.45, 7) is 1.59. The molecular formula is C13H16INO2. The Labute approximate surface area is 115 Å². The highest BCUT2D eigenvalue weighted by molar-refractivity contribution is 14.1. The molecule has 1 aliphatic heterocycles. The van der Waals surface area contributed by atoms with E-state index in [1.807, 2.05) is 29.2 Å². The molecule has 1 unspecified atom stereocenters. The highest BCUT2D eigenvalue weighted by Gasteiger charge is 2.26. The van der Waals surface area contributed by atoms with Gasteiger partial charge in [-0.05, 0) is 30.5 Å². The lowest BCUT2D eigenvalue weighted by atomic mass is 10.1. The highest BCUT2D eigenvalue weighted by Crippen LogP contribution is 2.21. The van der Waals surface area contributed by atoms with Crippen molar-refractivity contribution >= 4 is 28.5 Å². The summed E-state index contributed by atoms with van der Waals surface area (Å²) in [6, 6.07) is 7.91. The lowest BCUT2D eigenvalue weighted by molar-refractivity contribution is -0.132. The number of carbonyl (C=O) groups excluding carboxylic acids is 1. The summed E-state index contributed by atoms with van der Waals surface area (Å²) in [5, 5.41) is 0. The minimum atomic E-state index is 0.152. The van der Waals surface area contributed by atoms with Crippen LogP contribution in [0.15, 0.2) is 24.3 Å². The van der Waals surface area contributed by atoms with Crippen LogP contribution in [0.25, 0.3) is 0 Å². The van der Waals surface area contributed by atoms with Crippen LogP contribution in [0.2, 0.25) is 0 Å². The quantitative estimate of drug-likeness (QED) is 0.623. The van der Waals surface area contributed by atoms with Crippen LogP contribution in [0.4, 0.5) is 0 Å². The summed E-state index contributed by atoms with van der Waals surface area (Å²) in [6.07, 6.45) is 2.12. The number of amides is 1. The Bertz CT molecular complexity index is 391. The van der Waals surface area contributed by atoms with E-state index in [9.17, 15) is 4.79 Å². The number of rotatable bonds is 3. The molecule has 0 spiro atoms. The van der Waals surface area contributed by atoms with Crippen molar-refractivity contribution in [3.63, 3.8) is 0 Å². The van der Waals surface area contributed by atoms with Crippen LogP contribution in [0.1, 0.15) is 18.4 Å². The molecule has 1 saturated heterocycles. The van der Waals surface area contributed by atoms with Crippen molar-refractivity contribution in [1.29, 1.82) is 0 Å². The van der Waals surface area contributed by atoms with Gasteiger partial charge in [-0.25, -0.2) is 0 Å². The van der Waals surface area contributed by atoms with E-state index < -0.39 is 0 Å². The highest BCUT2D eigenvalue weighted by atomic mass is 127. The maximum Gasteiger partial charge on any atom is 0.235 e. The zero-order valence-corrected chi connectivity index (χ0v) is 12.0. The zero-order valence-electron chi connectivity index (χ0n) is 9.86. The molecule has 17 heavy (non-hydrogen) atoms. The van der Waals surface area contributed by atoms with E-state index in [0.29, 0.717) is 6.54 Å². The third kappa shape index (κ3) is 3.12. The van der Waals surface area contributed by atoms with Crippen molar-refractivity contribution in [2.45, 2.75) is 23.3 Å². The standard InChI is InChI=1S/C13H16INO2/c1-17-11-6-4-10(5-7-11)9-15-8-2-3-12(14)13(15)16/h4-7,12H,2-3,8-9H2,1H3. The van der Waals surface area contributed by atoms with E-state index >= 15 is 0 Å². The second kappa shape index (κ2) is 5.71. The fraction of sp³-hybridized carbons (Fsp3) is 0.462. The molecule has 0 radical (unpaired) electrons. The van der Waals surface area contributed by atoms with Crippen LogP contribution < -0.4 is 4.74 Å². The molecule has 1 aliphatic rings. The largest absolute Gasteiger partial charge is 0.497 e. The Kier molecular flexibility index (Phi) is 4.25. The molecule has 3 nitrogen and oxygen atoms in total. The molecule has 4 heteroatoms. The number of nitrogens with zero attached hydrogens (tertiary/aromatic N) is 1. The Morgan fingerprint density at radius 2 is 2.12 bits per heavy atom. The lowest BCUT2D eigenvalue weighted by Crippen LogP contribution is -2.40. The average molecular weight is 345 g/mol. The van der Waals surface area contributed by atoms with Gasteiger partial charge in [0, 0.05) is 13.1 Å². The molecular weight excluding hydrogens is 329 g/mol. The third-order valence-corrected chi connectivity index (χ3v) is 4.15. The number of alkyl halides is 1. The molecule has 0 aromatic heterocycles. The van der Waals surface area contributed by atoms with Crippen molar-refractivity contribution < 1.29 is 9.53 Å². The van der Waals surface area contributed by atoms with Crippen LogP contribution >= 0.6 is 22.6 Å². The number of hydrogen-bond donors (Lipinski definition) is 0. The van der Waals surface area contributed by atoms with E-state index in [-0.39, 0.29) is 9.83 Å². The first-order valence-corrected chi connectivity index (χ1v) is 7.01. The topological polar surface area (TPSA) is 29.5 Å². The van der Waals surface area contributed by atoms with Crippen LogP contribution in [0, 0.1) is 0 Å². The minimum absolute atomic E-state index is 0.152. The summed E-state index contributed by atoms with van der Waals surface area (Å²) >= 11 is 2.24. The van der Waals surface area contributed by atoms with Crippen molar-refractivity contribution in [3.05, 3.63) is 29.8 Å². The molecule has 92 valence electrons. The van der Waals surface area contributed by atoms with Crippen LogP contribution in [-0.2, 0) is 11.3 Å². The second-order valence-electron chi connectivity index (χ2n) is 4.22. The summed E-state index contributed by atoms with van der Waals surface area (Å²) in [7, 11) is 1.66. The molecule has 0 bridgehead atoms. The summed E-state index contributed by atoms with van der Waals surface area (Å²) in [5.41, 5.74) is 1.16. The maximum absolute atomic E-state index is 11.9. The van der Waals surface area contributed by atoms with Gasteiger partial charge in [-0.2, -0.15) is 0 Å². The van der Waals surface area contributed by atoms with Crippen molar-refractivity contribution in [2.75, 3.05) is 13.7 Å². The van der Waals surface area contributed by atoms with E-state index in [4.69, 9.17) is 4.74 Å². The number of benzene rings is 1. The maximum atomic E-state index is 11.9. The first-order valence-electron chi connectivity index (χ1n) is 5.76. The number of ether oxygens (including phenoxy) is 1. The molecule has 1 heterocycles. The molecule has 1 atom stereocenters. The number of halogens is 1. The van der Waals surface area contributed by atoms with Gasteiger partial charge >= 0.3 is 0 Å². The molecule has 1 aromatic carbocycles. The molecule has 0 saturated carbocycles. The summed E-state index contributed by atoms with van der Waals surface area (Å²) in [4.78, 5) is 13.9. The predicted octanol–water partition coefficient (Wildman–Crippen LogP) is 2.62. The molecule has 1 amide bonds. The molecule has 1 aromatic rings. The minimum Gasteiger partial charge on any atom is -0.497 e. The van der Waals surface area contributed by atoms with Crippen LogP contribution in [-0.4, -0.2) is 28.4 Å². The normalized spacial score (nSPS) is 20.5. The van der Waals surface area contributed by atoms with E-state index in [0.717, 1.165) is 30.7 Å². The first-order chi connectivity index (χ1) is 8.20. The van der Waals surface area contributed by atoms with Crippen LogP contribution in [0.3, 0.4) is 0 Å².